The molecule has 34 heavy (non-hydrogen) atoms. The van der Waals surface area contributed by atoms with Crippen LogP contribution < -0.4 is 4.90 Å². The minimum absolute atomic E-state index is 0.0685. The molecule has 7 nitrogen and oxygen atoms in total. The number of anilines is 1. The quantitative estimate of drug-likeness (QED) is 0.428. The van der Waals surface area contributed by atoms with Gasteiger partial charge in [0, 0.05) is 19.5 Å². The Morgan fingerprint density at radius 2 is 1.74 bits per heavy atom. The van der Waals surface area contributed by atoms with Gasteiger partial charge >= 0.3 is 0 Å². The summed E-state index contributed by atoms with van der Waals surface area (Å²) in [6, 6.07) is 19.4. The van der Waals surface area contributed by atoms with E-state index in [2.05, 4.69) is 17.0 Å². The van der Waals surface area contributed by atoms with Crippen LogP contribution in [0.2, 0.25) is 0 Å². The fraction of sp³-hybridized carbons (Fsp3) is 0.259. The van der Waals surface area contributed by atoms with E-state index in [0.29, 0.717) is 37.5 Å². The maximum absolute atomic E-state index is 13.7. The minimum Gasteiger partial charge on any atom is -0.467 e. The molecule has 2 aliphatic heterocycles. The second-order valence-corrected chi connectivity index (χ2v) is 8.58. The fourth-order valence-electron chi connectivity index (χ4n) is 4.82. The number of pyridine rings is 1. The number of hydrogen-bond acceptors (Lipinski definition) is 6. The van der Waals surface area contributed by atoms with Crippen LogP contribution in [0.15, 0.2) is 82.0 Å². The Morgan fingerprint density at radius 3 is 2.47 bits per heavy atom. The largest absolute Gasteiger partial charge is 0.467 e. The van der Waals surface area contributed by atoms with Gasteiger partial charge < -0.3 is 23.4 Å². The number of rotatable bonds is 6. The molecule has 3 aromatic heterocycles. The van der Waals surface area contributed by atoms with Crippen LogP contribution in [0.3, 0.4) is 0 Å². The summed E-state index contributed by atoms with van der Waals surface area (Å²) in [6.45, 7) is 3.21. The van der Waals surface area contributed by atoms with Gasteiger partial charge in [-0.2, -0.15) is 0 Å². The molecule has 0 N–H and O–H groups in total. The van der Waals surface area contributed by atoms with Crippen LogP contribution in [-0.4, -0.2) is 42.1 Å². The van der Waals surface area contributed by atoms with Crippen molar-refractivity contribution in [1.82, 2.24) is 9.88 Å². The SMILES string of the molecule is O=C1c2cc(N3CCOCC3)c(Cc3ccccc3)nc2C(c2ccco2)N1Cc1ccco1. The van der Waals surface area contributed by atoms with Crippen molar-refractivity contribution in [3.05, 3.63) is 107 Å². The van der Waals surface area contributed by atoms with Crippen LogP contribution in [-0.2, 0) is 17.7 Å². The first-order valence-electron chi connectivity index (χ1n) is 11.5. The number of benzene rings is 1. The van der Waals surface area contributed by atoms with Crippen molar-refractivity contribution >= 4 is 11.6 Å². The molecule has 4 aromatic rings. The highest BCUT2D eigenvalue weighted by Crippen LogP contribution is 2.41. The predicted octanol–water partition coefficient (Wildman–Crippen LogP) is 4.44. The van der Waals surface area contributed by atoms with E-state index in [-0.39, 0.29) is 5.91 Å². The molecule has 2 aliphatic rings. The van der Waals surface area contributed by atoms with Crippen molar-refractivity contribution in [2.24, 2.45) is 0 Å². The summed E-state index contributed by atoms with van der Waals surface area (Å²) in [5.41, 5.74) is 4.48. The number of furan rings is 2. The van der Waals surface area contributed by atoms with Crippen LogP contribution in [0.1, 0.15) is 44.9 Å². The third-order valence-corrected chi connectivity index (χ3v) is 6.46. The lowest BCUT2D eigenvalue weighted by Gasteiger charge is -2.30. The Balaban J connectivity index is 1.47. The van der Waals surface area contributed by atoms with Gasteiger partial charge in [-0.05, 0) is 35.9 Å². The number of carbonyl (C=O) groups is 1. The topological polar surface area (TPSA) is 72.0 Å². The molecule has 1 unspecified atom stereocenters. The van der Waals surface area contributed by atoms with Gasteiger partial charge in [0.05, 0.1) is 54.9 Å². The van der Waals surface area contributed by atoms with Crippen molar-refractivity contribution in [2.75, 3.05) is 31.2 Å². The number of amides is 1. The van der Waals surface area contributed by atoms with Crippen molar-refractivity contribution in [3.63, 3.8) is 0 Å². The van der Waals surface area contributed by atoms with Crippen molar-refractivity contribution in [3.8, 4) is 0 Å². The van der Waals surface area contributed by atoms with E-state index in [9.17, 15) is 4.79 Å². The van der Waals surface area contributed by atoms with Crippen molar-refractivity contribution in [1.29, 1.82) is 0 Å². The van der Waals surface area contributed by atoms with Crippen LogP contribution in [0.5, 0.6) is 0 Å². The summed E-state index contributed by atoms with van der Waals surface area (Å²) >= 11 is 0. The van der Waals surface area contributed by atoms with E-state index in [4.69, 9.17) is 18.6 Å². The molecule has 0 aliphatic carbocycles. The average molecular weight is 456 g/mol. The van der Waals surface area contributed by atoms with Crippen LogP contribution >= 0.6 is 0 Å². The van der Waals surface area contributed by atoms with Crippen LogP contribution in [0.4, 0.5) is 5.69 Å². The fourth-order valence-corrected chi connectivity index (χ4v) is 4.82. The van der Waals surface area contributed by atoms with Crippen LogP contribution in [0.25, 0.3) is 0 Å². The van der Waals surface area contributed by atoms with Gasteiger partial charge in [-0.1, -0.05) is 30.3 Å². The molecule has 1 fully saturated rings. The highest BCUT2D eigenvalue weighted by molar-refractivity contribution is 6.00. The van der Waals surface area contributed by atoms with E-state index in [0.717, 1.165) is 35.9 Å². The number of nitrogens with zero attached hydrogens (tertiary/aromatic N) is 3. The highest BCUT2D eigenvalue weighted by atomic mass is 16.5. The lowest BCUT2D eigenvalue weighted by molar-refractivity contribution is 0.0706. The highest BCUT2D eigenvalue weighted by Gasteiger charge is 2.42. The molecular formula is C27H25N3O4. The number of fused-ring (bicyclic) bond motifs is 1. The molecule has 0 bridgehead atoms. The third-order valence-electron chi connectivity index (χ3n) is 6.46. The zero-order valence-corrected chi connectivity index (χ0v) is 18.7. The molecule has 5 heterocycles. The summed E-state index contributed by atoms with van der Waals surface area (Å²) in [5, 5.41) is 0. The summed E-state index contributed by atoms with van der Waals surface area (Å²) < 4.78 is 16.9. The molecule has 0 saturated carbocycles. The molecule has 1 atom stereocenters. The molecule has 0 spiro atoms. The Bertz CT molecular complexity index is 1260. The molecule has 172 valence electrons. The number of ether oxygens (including phenoxy) is 1. The molecule has 7 heteroatoms. The number of morpholine rings is 1. The van der Waals surface area contributed by atoms with E-state index in [1.54, 1.807) is 17.4 Å². The second-order valence-electron chi connectivity index (χ2n) is 8.58. The van der Waals surface area contributed by atoms with Gasteiger partial charge in [0.1, 0.15) is 17.6 Å². The maximum Gasteiger partial charge on any atom is 0.257 e. The molecule has 1 saturated heterocycles. The second kappa shape index (κ2) is 8.83. The zero-order chi connectivity index (χ0) is 22.9. The summed E-state index contributed by atoms with van der Waals surface area (Å²) in [6.07, 6.45) is 3.94. The first kappa shape index (κ1) is 20.7. The average Bonchev–Trinajstić information content (AvgIpc) is 3.63. The standard InChI is InChI=1S/C27H25N3O4/c31-27-21-17-23(29-10-14-32-15-11-29)22(16-19-6-2-1-3-7-19)28-25(21)26(24-9-5-13-34-24)30(27)18-20-8-4-12-33-20/h1-9,12-13,17,26H,10-11,14-16,18H2. The van der Waals surface area contributed by atoms with Gasteiger partial charge in [0.2, 0.25) is 0 Å². The minimum atomic E-state index is -0.407. The van der Waals surface area contributed by atoms with Gasteiger partial charge in [0.15, 0.2) is 0 Å². The van der Waals surface area contributed by atoms with Crippen molar-refractivity contribution < 1.29 is 18.4 Å². The normalized spacial score (nSPS) is 17.9. The molecule has 1 amide bonds. The number of carbonyl (C=O) groups excluding carboxylic acids is 1. The third kappa shape index (κ3) is 3.78. The first-order chi connectivity index (χ1) is 16.8. The number of aromatic nitrogens is 1. The molecule has 1 aromatic carbocycles. The Hall–Kier alpha value is -3.84. The van der Waals surface area contributed by atoms with Crippen molar-refractivity contribution in [2.45, 2.75) is 19.0 Å². The lowest BCUT2D eigenvalue weighted by Crippen LogP contribution is -2.37. The predicted molar refractivity (Wildman–Crippen MR) is 126 cm³/mol. The van der Waals surface area contributed by atoms with Gasteiger partial charge in [-0.25, -0.2) is 0 Å². The van der Waals surface area contributed by atoms with E-state index < -0.39 is 6.04 Å². The number of hydrogen-bond donors (Lipinski definition) is 0. The van der Waals surface area contributed by atoms with E-state index in [1.165, 1.54) is 5.56 Å². The smallest absolute Gasteiger partial charge is 0.257 e. The Morgan fingerprint density at radius 1 is 0.941 bits per heavy atom. The first-order valence-corrected chi connectivity index (χ1v) is 11.5. The zero-order valence-electron chi connectivity index (χ0n) is 18.7. The Labute approximate surface area is 197 Å². The maximum atomic E-state index is 13.7. The molecular weight excluding hydrogens is 430 g/mol. The summed E-state index contributed by atoms with van der Waals surface area (Å²) in [4.78, 5) is 22.9. The monoisotopic (exact) mass is 455 g/mol. The molecule has 6 rings (SSSR count). The summed E-state index contributed by atoms with van der Waals surface area (Å²) in [5.74, 6) is 1.34. The van der Waals surface area contributed by atoms with Gasteiger partial charge in [0.25, 0.3) is 5.91 Å². The van der Waals surface area contributed by atoms with Crippen LogP contribution in [0, 0.1) is 0 Å². The van der Waals surface area contributed by atoms with E-state index >= 15 is 0 Å². The lowest BCUT2D eigenvalue weighted by atomic mass is 10.0. The Kier molecular flexibility index (Phi) is 5.39. The molecule has 0 radical (unpaired) electrons. The van der Waals surface area contributed by atoms with E-state index in [1.807, 2.05) is 48.5 Å². The van der Waals surface area contributed by atoms with Gasteiger partial charge in [-0.15, -0.1) is 0 Å². The van der Waals surface area contributed by atoms with Gasteiger partial charge in [-0.3, -0.25) is 9.78 Å². The summed E-state index contributed by atoms with van der Waals surface area (Å²) in [7, 11) is 0.